The molecule has 7 atom stereocenters. The molecule has 4 aliphatic carbocycles. The number of terminal acetylenes is 1. The number of allylic oxidation sites excluding steroid dienone is 1. The Labute approximate surface area is 139 Å². The molecule has 4 rings (SSSR count). The number of hydrogen-bond acceptors (Lipinski definition) is 2. The van der Waals surface area contributed by atoms with E-state index in [1.165, 1.54) is 37.7 Å². The number of carbonyl (C=O) groups excluding carboxylic acids is 1. The predicted molar refractivity (Wildman–Crippen MR) is 90.4 cm³/mol. The van der Waals surface area contributed by atoms with Crippen molar-refractivity contribution in [3.8, 4) is 12.3 Å². The van der Waals surface area contributed by atoms with Crippen LogP contribution in [-0.4, -0.2) is 17.0 Å². The molecule has 0 saturated heterocycles. The minimum Gasteiger partial charge on any atom is -0.385 e. The Balaban J connectivity index is 1.69. The van der Waals surface area contributed by atoms with Gasteiger partial charge in [-0.05, 0) is 79.6 Å². The van der Waals surface area contributed by atoms with Crippen LogP contribution in [0.2, 0.25) is 0 Å². The van der Waals surface area contributed by atoms with Gasteiger partial charge in [-0.3, -0.25) is 4.79 Å². The van der Waals surface area contributed by atoms with E-state index in [-0.39, 0.29) is 11.2 Å². The maximum Gasteiger partial charge on any atom is 0.184 e. The van der Waals surface area contributed by atoms with Crippen LogP contribution >= 0.6 is 0 Å². The molecular formula is C21H28O2. The molecule has 0 aromatic rings. The predicted octanol–water partition coefficient (Wildman–Crippen LogP) is 3.74. The van der Waals surface area contributed by atoms with Gasteiger partial charge in [0, 0.05) is 5.92 Å². The van der Waals surface area contributed by atoms with E-state index in [0.717, 1.165) is 18.3 Å². The summed E-state index contributed by atoms with van der Waals surface area (Å²) in [6.07, 6.45) is 14.5. The first-order valence-electron chi connectivity index (χ1n) is 9.29. The fourth-order valence-corrected chi connectivity index (χ4v) is 6.89. The van der Waals surface area contributed by atoms with E-state index in [4.69, 9.17) is 6.42 Å². The molecule has 0 aromatic carbocycles. The summed E-state index contributed by atoms with van der Waals surface area (Å²) in [5.41, 5.74) is 1.65. The molecule has 0 radical (unpaired) electrons. The number of carbonyl (C=O) groups is 1. The number of ketones is 1. The van der Waals surface area contributed by atoms with E-state index in [2.05, 4.69) is 19.8 Å². The summed E-state index contributed by atoms with van der Waals surface area (Å²) in [6, 6.07) is 0. The van der Waals surface area contributed by atoms with Gasteiger partial charge < -0.3 is 5.11 Å². The molecule has 3 saturated carbocycles. The van der Waals surface area contributed by atoms with Crippen molar-refractivity contribution < 1.29 is 9.90 Å². The van der Waals surface area contributed by atoms with Gasteiger partial charge in [-0.15, -0.1) is 12.3 Å². The molecule has 0 bridgehead atoms. The van der Waals surface area contributed by atoms with Crippen LogP contribution in [0.25, 0.3) is 0 Å². The largest absolute Gasteiger partial charge is 0.385 e. The first-order chi connectivity index (χ1) is 10.9. The van der Waals surface area contributed by atoms with E-state index in [1.807, 2.05) is 0 Å². The fourth-order valence-electron chi connectivity index (χ4n) is 6.89. The molecule has 0 amide bonds. The SMILES string of the molecule is C#C[C@@H]1CC[C@H]2[C@@H]3CCC4=CC(=O)C(O)C[C@]4(C)[C@H]3CC[C@]12C. The van der Waals surface area contributed by atoms with Crippen LogP contribution < -0.4 is 0 Å². The first-order valence-corrected chi connectivity index (χ1v) is 9.29. The second kappa shape index (κ2) is 4.96. The van der Waals surface area contributed by atoms with E-state index >= 15 is 0 Å². The molecule has 1 unspecified atom stereocenters. The Morgan fingerprint density at radius 3 is 2.74 bits per heavy atom. The number of aliphatic hydroxyl groups excluding tert-OH is 1. The van der Waals surface area contributed by atoms with Crippen LogP contribution in [0.15, 0.2) is 11.6 Å². The molecule has 2 nitrogen and oxygen atoms in total. The van der Waals surface area contributed by atoms with Gasteiger partial charge in [0.2, 0.25) is 0 Å². The van der Waals surface area contributed by atoms with Gasteiger partial charge in [0.05, 0.1) is 0 Å². The topological polar surface area (TPSA) is 37.3 Å². The summed E-state index contributed by atoms with van der Waals surface area (Å²) in [4.78, 5) is 11.9. The van der Waals surface area contributed by atoms with Gasteiger partial charge in [-0.25, -0.2) is 0 Å². The summed E-state index contributed by atoms with van der Waals surface area (Å²) in [6.45, 7) is 4.74. The summed E-state index contributed by atoms with van der Waals surface area (Å²) in [5, 5.41) is 10.2. The van der Waals surface area contributed by atoms with Crippen molar-refractivity contribution in [2.45, 2.75) is 64.9 Å². The summed E-state index contributed by atoms with van der Waals surface area (Å²) in [5.74, 6) is 5.50. The lowest BCUT2D eigenvalue weighted by molar-refractivity contribution is -0.128. The summed E-state index contributed by atoms with van der Waals surface area (Å²) < 4.78 is 0. The molecule has 124 valence electrons. The van der Waals surface area contributed by atoms with Gasteiger partial charge >= 0.3 is 0 Å². The van der Waals surface area contributed by atoms with Gasteiger partial charge in [-0.2, -0.15) is 0 Å². The zero-order valence-corrected chi connectivity index (χ0v) is 14.3. The highest BCUT2D eigenvalue weighted by Crippen LogP contribution is 2.66. The van der Waals surface area contributed by atoms with E-state index in [9.17, 15) is 9.90 Å². The minimum absolute atomic E-state index is 0.0196. The molecule has 0 heterocycles. The van der Waals surface area contributed by atoms with Crippen LogP contribution in [0.3, 0.4) is 0 Å². The van der Waals surface area contributed by atoms with Crippen molar-refractivity contribution in [2.24, 2.45) is 34.5 Å². The molecule has 1 N–H and O–H groups in total. The molecule has 2 heteroatoms. The molecule has 0 aliphatic heterocycles. The highest BCUT2D eigenvalue weighted by atomic mass is 16.3. The zero-order valence-electron chi connectivity index (χ0n) is 14.3. The summed E-state index contributed by atoms with van der Waals surface area (Å²) in [7, 11) is 0. The van der Waals surface area contributed by atoms with Crippen LogP contribution in [0.4, 0.5) is 0 Å². The zero-order chi connectivity index (χ0) is 16.4. The second-order valence-electron chi connectivity index (χ2n) is 8.97. The highest BCUT2D eigenvalue weighted by Gasteiger charge is 2.59. The first kappa shape index (κ1) is 15.5. The quantitative estimate of drug-likeness (QED) is 0.692. The van der Waals surface area contributed by atoms with Gasteiger partial charge in [-0.1, -0.05) is 19.4 Å². The Morgan fingerprint density at radius 2 is 2.00 bits per heavy atom. The molecule has 23 heavy (non-hydrogen) atoms. The fraction of sp³-hybridized carbons (Fsp3) is 0.762. The molecular weight excluding hydrogens is 284 g/mol. The Kier molecular flexibility index (Phi) is 3.34. The molecule has 3 fully saturated rings. The van der Waals surface area contributed by atoms with Crippen molar-refractivity contribution in [2.75, 3.05) is 0 Å². The maximum atomic E-state index is 11.9. The van der Waals surface area contributed by atoms with Crippen molar-refractivity contribution in [3.05, 3.63) is 11.6 Å². The summed E-state index contributed by atoms with van der Waals surface area (Å²) >= 11 is 0. The van der Waals surface area contributed by atoms with Gasteiger partial charge in [0.25, 0.3) is 0 Å². The van der Waals surface area contributed by atoms with E-state index < -0.39 is 6.10 Å². The number of hydrogen-bond donors (Lipinski definition) is 1. The van der Waals surface area contributed by atoms with Crippen molar-refractivity contribution >= 4 is 5.78 Å². The van der Waals surface area contributed by atoms with Gasteiger partial charge in [0.15, 0.2) is 5.78 Å². The Morgan fingerprint density at radius 1 is 1.22 bits per heavy atom. The third-order valence-corrected chi connectivity index (χ3v) is 8.20. The Hall–Kier alpha value is -1.07. The molecule has 0 aromatic heterocycles. The van der Waals surface area contributed by atoms with E-state index in [0.29, 0.717) is 23.7 Å². The highest BCUT2D eigenvalue weighted by molar-refractivity contribution is 5.95. The van der Waals surface area contributed by atoms with Crippen LogP contribution in [0.1, 0.15) is 58.8 Å². The smallest absolute Gasteiger partial charge is 0.184 e. The average Bonchev–Trinajstić information content (AvgIpc) is 2.85. The average molecular weight is 312 g/mol. The molecule has 0 spiro atoms. The van der Waals surface area contributed by atoms with Crippen LogP contribution in [-0.2, 0) is 4.79 Å². The third kappa shape index (κ3) is 1.96. The van der Waals surface area contributed by atoms with Crippen molar-refractivity contribution in [1.82, 2.24) is 0 Å². The molecule has 4 aliphatic rings. The normalized spacial score (nSPS) is 52.0. The number of fused-ring (bicyclic) bond motifs is 5. The van der Waals surface area contributed by atoms with Crippen LogP contribution in [0.5, 0.6) is 0 Å². The minimum atomic E-state index is -0.794. The van der Waals surface area contributed by atoms with E-state index in [1.54, 1.807) is 6.08 Å². The number of aliphatic hydroxyl groups is 1. The maximum absolute atomic E-state index is 11.9. The third-order valence-electron chi connectivity index (χ3n) is 8.20. The lowest BCUT2D eigenvalue weighted by Crippen LogP contribution is -2.52. The van der Waals surface area contributed by atoms with Crippen molar-refractivity contribution in [1.29, 1.82) is 0 Å². The van der Waals surface area contributed by atoms with Crippen LogP contribution in [0, 0.1) is 46.8 Å². The van der Waals surface area contributed by atoms with Gasteiger partial charge in [0.1, 0.15) is 6.10 Å². The lowest BCUT2D eigenvalue weighted by atomic mass is 9.46. The van der Waals surface area contributed by atoms with Crippen molar-refractivity contribution in [3.63, 3.8) is 0 Å². The second-order valence-corrected chi connectivity index (χ2v) is 8.97. The number of rotatable bonds is 0. The lowest BCUT2D eigenvalue weighted by Gasteiger charge is -2.58. The monoisotopic (exact) mass is 312 g/mol. The Bertz CT molecular complexity index is 612. The standard InChI is InChI=1S/C21H28O2/c1-4-13-6-8-16-15-7-5-14-11-18(22)19(23)12-21(14,3)17(15)9-10-20(13,16)2/h1,11,13,15-17,19,23H,5-10,12H2,2-3H3/t13-,15+,16+,17+,19?,20-,21+/m1/s1.